The minimum Gasteiger partial charge on any atom is -0.365 e. The zero-order chi connectivity index (χ0) is 12.4. The third-order valence-corrected chi connectivity index (χ3v) is 3.32. The summed E-state index contributed by atoms with van der Waals surface area (Å²) < 4.78 is 0. The fraction of sp³-hybridized carbons (Fsp3) is 0.500. The Morgan fingerprint density at radius 3 is 3.00 bits per heavy atom. The van der Waals surface area contributed by atoms with E-state index in [0.717, 1.165) is 19.5 Å². The van der Waals surface area contributed by atoms with Gasteiger partial charge in [0, 0.05) is 25.3 Å². The summed E-state index contributed by atoms with van der Waals surface area (Å²) in [5.74, 6) is 0.640. The van der Waals surface area contributed by atoms with Crippen LogP contribution < -0.4 is 16.4 Å². The molecule has 1 aromatic rings. The molecule has 0 bridgehead atoms. The molecule has 17 heavy (non-hydrogen) atoms. The van der Waals surface area contributed by atoms with Crippen LogP contribution in [-0.4, -0.2) is 30.0 Å². The lowest BCUT2D eigenvalue weighted by atomic mass is 9.94. The van der Waals surface area contributed by atoms with Gasteiger partial charge in [0.2, 0.25) is 0 Å². The number of hydrogen-bond donors (Lipinski definition) is 2. The summed E-state index contributed by atoms with van der Waals surface area (Å²) in [4.78, 5) is 17.7. The van der Waals surface area contributed by atoms with Crippen molar-refractivity contribution in [3.63, 3.8) is 0 Å². The molecule has 1 aromatic heterocycles. The Morgan fingerprint density at radius 1 is 1.59 bits per heavy atom. The van der Waals surface area contributed by atoms with E-state index in [9.17, 15) is 4.79 Å². The second kappa shape index (κ2) is 4.71. The molecule has 2 unspecified atom stereocenters. The molecular formula is C12H18N4O. The van der Waals surface area contributed by atoms with Crippen LogP contribution in [0.5, 0.6) is 0 Å². The average molecular weight is 234 g/mol. The highest BCUT2D eigenvalue weighted by atomic mass is 16.1. The maximum Gasteiger partial charge on any atom is 0.252 e. The van der Waals surface area contributed by atoms with Gasteiger partial charge in [0.1, 0.15) is 5.82 Å². The Balaban J connectivity index is 2.25. The lowest BCUT2D eigenvalue weighted by Gasteiger charge is -2.36. The molecule has 0 radical (unpaired) electrons. The molecule has 1 saturated heterocycles. The first-order chi connectivity index (χ1) is 8.09. The SMILES string of the molecule is CC1CN(c2ncccc2C(N)=O)CCC1N. The first-order valence-electron chi connectivity index (χ1n) is 5.85. The first-order valence-corrected chi connectivity index (χ1v) is 5.85. The van der Waals surface area contributed by atoms with Gasteiger partial charge in [0.15, 0.2) is 0 Å². The van der Waals surface area contributed by atoms with Crippen molar-refractivity contribution in [3.8, 4) is 0 Å². The number of hydrogen-bond acceptors (Lipinski definition) is 4. The Labute approximate surface area is 101 Å². The van der Waals surface area contributed by atoms with Crippen molar-refractivity contribution >= 4 is 11.7 Å². The molecule has 0 spiro atoms. The van der Waals surface area contributed by atoms with Gasteiger partial charge in [-0.15, -0.1) is 0 Å². The summed E-state index contributed by atoms with van der Waals surface area (Å²) in [5.41, 5.74) is 11.8. The number of piperidine rings is 1. The molecular weight excluding hydrogens is 216 g/mol. The molecule has 2 heterocycles. The van der Waals surface area contributed by atoms with Gasteiger partial charge in [0.25, 0.3) is 5.91 Å². The average Bonchev–Trinajstić information content (AvgIpc) is 2.32. The van der Waals surface area contributed by atoms with Crippen molar-refractivity contribution in [1.29, 1.82) is 0 Å². The fourth-order valence-electron chi connectivity index (χ4n) is 2.20. The topological polar surface area (TPSA) is 85.2 Å². The van der Waals surface area contributed by atoms with Crippen LogP contribution in [0, 0.1) is 5.92 Å². The number of anilines is 1. The molecule has 0 aromatic carbocycles. The molecule has 92 valence electrons. The van der Waals surface area contributed by atoms with Crippen molar-refractivity contribution in [3.05, 3.63) is 23.9 Å². The number of pyridine rings is 1. The van der Waals surface area contributed by atoms with Gasteiger partial charge in [-0.1, -0.05) is 6.92 Å². The zero-order valence-electron chi connectivity index (χ0n) is 9.97. The van der Waals surface area contributed by atoms with Crippen LogP contribution in [0.25, 0.3) is 0 Å². The molecule has 1 aliphatic rings. The Hall–Kier alpha value is -1.62. The quantitative estimate of drug-likeness (QED) is 0.773. The number of nitrogens with two attached hydrogens (primary N) is 2. The predicted octanol–water partition coefficient (Wildman–Crippen LogP) is 0.354. The number of carbonyl (C=O) groups is 1. The predicted molar refractivity (Wildman–Crippen MR) is 66.7 cm³/mol. The molecule has 1 aliphatic heterocycles. The smallest absolute Gasteiger partial charge is 0.252 e. The van der Waals surface area contributed by atoms with Crippen LogP contribution in [-0.2, 0) is 0 Å². The van der Waals surface area contributed by atoms with Crippen LogP contribution in [0.4, 0.5) is 5.82 Å². The Bertz CT molecular complexity index is 421. The maximum absolute atomic E-state index is 11.3. The van der Waals surface area contributed by atoms with Crippen molar-refractivity contribution < 1.29 is 4.79 Å². The van der Waals surface area contributed by atoms with Gasteiger partial charge in [-0.3, -0.25) is 4.79 Å². The van der Waals surface area contributed by atoms with E-state index in [2.05, 4.69) is 16.8 Å². The second-order valence-corrected chi connectivity index (χ2v) is 4.61. The van der Waals surface area contributed by atoms with Crippen LogP contribution in [0.1, 0.15) is 23.7 Å². The number of aromatic nitrogens is 1. The fourth-order valence-corrected chi connectivity index (χ4v) is 2.20. The Kier molecular flexibility index (Phi) is 3.28. The molecule has 1 amide bonds. The van der Waals surface area contributed by atoms with Crippen LogP contribution in [0.15, 0.2) is 18.3 Å². The summed E-state index contributed by atoms with van der Waals surface area (Å²) in [6.45, 7) is 3.75. The molecule has 5 nitrogen and oxygen atoms in total. The maximum atomic E-state index is 11.3. The highest BCUT2D eigenvalue weighted by Crippen LogP contribution is 2.23. The van der Waals surface area contributed by atoms with E-state index < -0.39 is 5.91 Å². The third-order valence-electron chi connectivity index (χ3n) is 3.32. The Morgan fingerprint density at radius 2 is 2.35 bits per heavy atom. The van der Waals surface area contributed by atoms with E-state index in [1.807, 2.05) is 0 Å². The van der Waals surface area contributed by atoms with Crippen molar-refractivity contribution in [2.75, 3.05) is 18.0 Å². The molecule has 2 atom stereocenters. The summed E-state index contributed by atoms with van der Waals surface area (Å²) in [6, 6.07) is 3.67. The monoisotopic (exact) mass is 234 g/mol. The van der Waals surface area contributed by atoms with E-state index in [4.69, 9.17) is 11.5 Å². The highest BCUT2D eigenvalue weighted by Gasteiger charge is 2.26. The van der Waals surface area contributed by atoms with E-state index in [1.54, 1.807) is 18.3 Å². The van der Waals surface area contributed by atoms with Crippen molar-refractivity contribution in [2.24, 2.45) is 17.4 Å². The van der Waals surface area contributed by atoms with Crippen molar-refractivity contribution in [1.82, 2.24) is 4.98 Å². The second-order valence-electron chi connectivity index (χ2n) is 4.61. The van der Waals surface area contributed by atoms with Crippen molar-refractivity contribution in [2.45, 2.75) is 19.4 Å². The lowest BCUT2D eigenvalue weighted by molar-refractivity contribution is 0.100. The molecule has 2 rings (SSSR count). The molecule has 4 N–H and O–H groups in total. The minimum atomic E-state index is -0.435. The molecule has 0 aliphatic carbocycles. The first kappa shape index (κ1) is 11.9. The minimum absolute atomic E-state index is 0.229. The van der Waals surface area contributed by atoms with Gasteiger partial charge in [-0.25, -0.2) is 4.98 Å². The number of amides is 1. The largest absolute Gasteiger partial charge is 0.365 e. The molecule has 1 fully saturated rings. The van der Waals surface area contributed by atoms with Crippen LogP contribution in [0.2, 0.25) is 0 Å². The van der Waals surface area contributed by atoms with Crippen LogP contribution >= 0.6 is 0 Å². The van der Waals surface area contributed by atoms with Gasteiger partial charge in [0.05, 0.1) is 5.56 Å². The normalized spacial score (nSPS) is 24.7. The van der Waals surface area contributed by atoms with E-state index >= 15 is 0 Å². The van der Waals surface area contributed by atoms with E-state index in [0.29, 0.717) is 17.3 Å². The van der Waals surface area contributed by atoms with Crippen LogP contribution in [0.3, 0.4) is 0 Å². The summed E-state index contributed by atoms with van der Waals surface area (Å²) >= 11 is 0. The van der Waals surface area contributed by atoms with Gasteiger partial charge in [-0.05, 0) is 24.5 Å². The highest BCUT2D eigenvalue weighted by molar-refractivity contribution is 5.97. The third kappa shape index (κ3) is 2.39. The zero-order valence-corrected chi connectivity index (χ0v) is 9.97. The molecule has 0 saturated carbocycles. The number of rotatable bonds is 2. The number of nitrogens with zero attached hydrogens (tertiary/aromatic N) is 2. The lowest BCUT2D eigenvalue weighted by Crippen LogP contribution is -2.46. The number of carbonyl (C=O) groups excluding carboxylic acids is 1. The van der Waals surface area contributed by atoms with Gasteiger partial charge < -0.3 is 16.4 Å². The molecule has 5 heteroatoms. The van der Waals surface area contributed by atoms with Gasteiger partial charge in [-0.2, -0.15) is 0 Å². The number of primary amides is 1. The standard InChI is InChI=1S/C12H18N4O/c1-8-7-16(6-4-10(8)13)12-9(11(14)17)3-2-5-15-12/h2-3,5,8,10H,4,6-7,13H2,1H3,(H2,14,17). The van der Waals surface area contributed by atoms with E-state index in [1.165, 1.54) is 0 Å². The summed E-state index contributed by atoms with van der Waals surface area (Å²) in [6.07, 6.45) is 2.59. The summed E-state index contributed by atoms with van der Waals surface area (Å²) in [5, 5.41) is 0. The summed E-state index contributed by atoms with van der Waals surface area (Å²) in [7, 11) is 0. The van der Waals surface area contributed by atoms with E-state index in [-0.39, 0.29) is 6.04 Å². The van der Waals surface area contributed by atoms with Gasteiger partial charge >= 0.3 is 0 Å².